The molecule has 0 aromatic carbocycles. The fourth-order valence-corrected chi connectivity index (χ4v) is 2.29. The second-order valence-electron chi connectivity index (χ2n) is 1.51. The molecule has 1 aromatic heterocycles. The van der Waals surface area contributed by atoms with Crippen LogP contribution in [0.4, 0.5) is 0 Å². The van der Waals surface area contributed by atoms with Crippen molar-refractivity contribution in [2.45, 2.75) is 5.03 Å². The van der Waals surface area contributed by atoms with Gasteiger partial charge in [-0.05, 0) is 0 Å². The van der Waals surface area contributed by atoms with Crippen LogP contribution < -0.4 is 4.73 Å². The molecule has 9 heavy (non-hydrogen) atoms. The molecular formula is C5H4NOSZn. The van der Waals surface area contributed by atoms with Crippen molar-refractivity contribution in [2.75, 3.05) is 0 Å². The summed E-state index contributed by atoms with van der Waals surface area (Å²) < 4.78 is 0.883. The van der Waals surface area contributed by atoms with Crippen LogP contribution in [0, 0.1) is 5.21 Å². The molecule has 0 radical (unpaired) electrons. The number of hydrogen-bond donors (Lipinski definition) is 0. The zero-order chi connectivity index (χ0) is 6.69. The molecule has 2 nitrogen and oxygen atoms in total. The van der Waals surface area contributed by atoms with Crippen LogP contribution in [0.2, 0.25) is 0 Å². The number of rotatable bonds is 1. The summed E-state index contributed by atoms with van der Waals surface area (Å²) in [5.74, 6) is 0. The van der Waals surface area contributed by atoms with E-state index >= 15 is 0 Å². The van der Waals surface area contributed by atoms with E-state index in [4.69, 9.17) is 0 Å². The van der Waals surface area contributed by atoms with Crippen molar-refractivity contribution in [1.82, 2.24) is 0 Å². The molecule has 0 bridgehead atoms. The van der Waals surface area contributed by atoms with E-state index in [0.717, 1.165) is 26.8 Å². The van der Waals surface area contributed by atoms with Crippen LogP contribution in [0.3, 0.4) is 0 Å². The van der Waals surface area contributed by atoms with Gasteiger partial charge in [0.1, 0.15) is 0 Å². The van der Waals surface area contributed by atoms with Gasteiger partial charge in [-0.1, -0.05) is 0 Å². The van der Waals surface area contributed by atoms with Crippen LogP contribution in [0.15, 0.2) is 29.4 Å². The topological polar surface area (TPSA) is 26.9 Å². The second-order valence-corrected chi connectivity index (χ2v) is 4.03. The van der Waals surface area contributed by atoms with Gasteiger partial charge in [-0.3, -0.25) is 0 Å². The fraction of sp³-hybridized carbons (Fsp3) is 0. The third-order valence-electron chi connectivity index (χ3n) is 0.936. The van der Waals surface area contributed by atoms with Gasteiger partial charge in [0.25, 0.3) is 0 Å². The van der Waals surface area contributed by atoms with Gasteiger partial charge in [0.2, 0.25) is 0 Å². The predicted octanol–water partition coefficient (Wildman–Crippen LogP) is 0.874. The van der Waals surface area contributed by atoms with E-state index in [1.54, 1.807) is 15.8 Å². The van der Waals surface area contributed by atoms with Gasteiger partial charge in [0.05, 0.1) is 0 Å². The molecule has 0 aliphatic rings. The van der Waals surface area contributed by atoms with Crippen molar-refractivity contribution in [2.24, 2.45) is 0 Å². The molecule has 0 fully saturated rings. The number of hydrogen-bond acceptors (Lipinski definition) is 2. The summed E-state index contributed by atoms with van der Waals surface area (Å²) in [5.41, 5.74) is 0. The van der Waals surface area contributed by atoms with E-state index in [1.165, 1.54) is 6.20 Å². The summed E-state index contributed by atoms with van der Waals surface area (Å²) in [4.78, 5) is 0. The van der Waals surface area contributed by atoms with Gasteiger partial charge in [0.15, 0.2) is 0 Å². The summed E-state index contributed by atoms with van der Waals surface area (Å²) in [6.45, 7) is 0. The van der Waals surface area contributed by atoms with Gasteiger partial charge in [0, 0.05) is 0 Å². The van der Waals surface area contributed by atoms with E-state index in [-0.39, 0.29) is 0 Å². The molecule has 1 aromatic rings. The first kappa shape index (κ1) is 7.04. The Kier molecular flexibility index (Phi) is 2.49. The van der Waals surface area contributed by atoms with Gasteiger partial charge >= 0.3 is 66.2 Å². The van der Waals surface area contributed by atoms with Gasteiger partial charge in [-0.2, -0.15) is 0 Å². The summed E-state index contributed by atoms with van der Waals surface area (Å²) in [5, 5.41) is 11.6. The number of pyridine rings is 1. The normalized spacial score (nSPS) is 9.56. The summed E-state index contributed by atoms with van der Waals surface area (Å²) in [6.07, 6.45) is 1.51. The Morgan fingerprint density at radius 1 is 1.56 bits per heavy atom. The van der Waals surface area contributed by atoms with Crippen molar-refractivity contribution in [3.8, 4) is 0 Å². The minimum atomic E-state index is 0.789. The van der Waals surface area contributed by atoms with Gasteiger partial charge in [-0.25, -0.2) is 0 Å². The minimum absolute atomic E-state index is 0.789. The molecule has 0 N–H and O–H groups in total. The van der Waals surface area contributed by atoms with Crippen LogP contribution in [0.5, 0.6) is 0 Å². The van der Waals surface area contributed by atoms with Crippen LogP contribution in [0.25, 0.3) is 0 Å². The van der Waals surface area contributed by atoms with E-state index in [0.29, 0.717) is 0 Å². The molecule has 1 heterocycles. The molecule has 4 heteroatoms. The van der Waals surface area contributed by atoms with Crippen LogP contribution in [-0.4, -0.2) is 0 Å². The molecule has 1 rings (SSSR count). The van der Waals surface area contributed by atoms with Gasteiger partial charge < -0.3 is 0 Å². The Morgan fingerprint density at radius 3 is 2.78 bits per heavy atom. The Bertz CT molecular complexity index is 206. The van der Waals surface area contributed by atoms with Gasteiger partial charge in [-0.15, -0.1) is 0 Å². The summed E-state index contributed by atoms with van der Waals surface area (Å²) in [7, 11) is 1.57. The Hall–Kier alpha value is -0.0766. The molecule has 0 saturated heterocycles. The first-order chi connectivity index (χ1) is 4.34. The molecule has 0 amide bonds. The quantitative estimate of drug-likeness (QED) is 0.374. The van der Waals surface area contributed by atoms with Crippen molar-refractivity contribution in [3.63, 3.8) is 0 Å². The van der Waals surface area contributed by atoms with Crippen molar-refractivity contribution in [3.05, 3.63) is 29.6 Å². The van der Waals surface area contributed by atoms with Crippen molar-refractivity contribution >= 4 is 9.75 Å². The maximum absolute atomic E-state index is 10.8. The zero-order valence-corrected chi connectivity index (χ0v) is 8.56. The Morgan fingerprint density at radius 2 is 2.33 bits per heavy atom. The molecule has 0 unspecified atom stereocenters. The summed E-state index contributed by atoms with van der Waals surface area (Å²) >= 11 is 1.06. The zero-order valence-electron chi connectivity index (χ0n) is 4.78. The third-order valence-corrected chi connectivity index (χ3v) is 3.41. The molecule has 0 saturated carbocycles. The Labute approximate surface area is 66.4 Å². The SMILES string of the molecule is [O-][n+]1ccccc1[S][Zn]. The molecule has 0 spiro atoms. The maximum atomic E-state index is 10.8. The average Bonchev–Trinajstić information content (AvgIpc) is 1.89. The van der Waals surface area contributed by atoms with E-state index in [1.807, 2.05) is 12.1 Å². The Balaban J connectivity index is 3.01. The predicted molar refractivity (Wildman–Crippen MR) is 31.3 cm³/mol. The molecule has 0 aliphatic carbocycles. The number of nitrogens with zero attached hydrogens (tertiary/aromatic N) is 1. The second kappa shape index (κ2) is 3.18. The molecule has 0 atom stereocenters. The average molecular weight is 192 g/mol. The number of aromatic nitrogens is 1. The van der Waals surface area contributed by atoms with Crippen LogP contribution in [-0.2, 0) is 17.1 Å². The van der Waals surface area contributed by atoms with Crippen LogP contribution >= 0.6 is 9.75 Å². The summed E-state index contributed by atoms with van der Waals surface area (Å²) in [6, 6.07) is 5.42. The van der Waals surface area contributed by atoms with Crippen LogP contribution in [0.1, 0.15) is 0 Å². The monoisotopic (exact) mass is 190 g/mol. The molecular weight excluding hydrogens is 188 g/mol. The van der Waals surface area contributed by atoms with E-state index in [2.05, 4.69) is 0 Å². The first-order valence-electron chi connectivity index (χ1n) is 2.45. The van der Waals surface area contributed by atoms with Crippen molar-refractivity contribution in [1.29, 1.82) is 0 Å². The standard InChI is InChI=1S/C5H5NOS.Zn/c7-6-4-2-1-3-5(6)8;/h1-4,8H;/q;+1/p-1. The fourth-order valence-electron chi connectivity index (χ4n) is 0.524. The molecule has 0 aliphatic heterocycles. The first-order valence-corrected chi connectivity index (χ1v) is 7.07. The third kappa shape index (κ3) is 1.66. The van der Waals surface area contributed by atoms with E-state index < -0.39 is 0 Å². The van der Waals surface area contributed by atoms with E-state index in [9.17, 15) is 5.21 Å². The molecule has 43 valence electrons. The van der Waals surface area contributed by atoms with Crippen molar-refractivity contribution < 1.29 is 21.8 Å².